The normalized spacial score (nSPS) is 12.2. The Morgan fingerprint density at radius 2 is 1.71 bits per heavy atom. The molecule has 0 aliphatic rings. The summed E-state index contributed by atoms with van der Waals surface area (Å²) in [5, 5.41) is 3.66. The highest BCUT2D eigenvalue weighted by Gasteiger charge is 2.14. The minimum absolute atomic E-state index is 0.114. The zero-order valence-corrected chi connectivity index (χ0v) is 19.3. The van der Waals surface area contributed by atoms with E-state index in [9.17, 15) is 13.2 Å². The minimum Gasteiger partial charge on any atom is -0.350 e. The van der Waals surface area contributed by atoms with Crippen LogP contribution in [0.4, 0.5) is 5.69 Å². The van der Waals surface area contributed by atoms with Gasteiger partial charge in [0.25, 0.3) is 15.9 Å². The van der Waals surface area contributed by atoms with Crippen LogP contribution in [0, 0.1) is 6.92 Å². The Morgan fingerprint density at radius 3 is 2.29 bits per heavy atom. The molecule has 0 fully saturated rings. The third kappa shape index (κ3) is 6.32. The third-order valence-corrected chi connectivity index (χ3v) is 7.00. The minimum atomic E-state index is -3.63. The van der Waals surface area contributed by atoms with Crippen LogP contribution < -0.4 is 10.0 Å². The number of carbonyl (C=O) groups is 1. The number of nitrogens with zero attached hydrogens (tertiary/aromatic N) is 1. The van der Waals surface area contributed by atoms with E-state index < -0.39 is 10.0 Å². The molecular weight excluding hydrogens is 430 g/mol. The molecule has 162 valence electrons. The second-order valence-electron chi connectivity index (χ2n) is 7.21. The Kier molecular flexibility index (Phi) is 7.35. The molecule has 1 amide bonds. The lowest BCUT2D eigenvalue weighted by Gasteiger charge is -2.11. The Morgan fingerprint density at radius 1 is 1.03 bits per heavy atom. The van der Waals surface area contributed by atoms with Gasteiger partial charge in [-0.2, -0.15) is 0 Å². The first-order valence-electron chi connectivity index (χ1n) is 9.91. The average molecular weight is 456 g/mol. The monoisotopic (exact) mass is 455 g/mol. The summed E-state index contributed by atoms with van der Waals surface area (Å²) in [7, 11) is -3.63. The van der Waals surface area contributed by atoms with Gasteiger partial charge in [0.05, 0.1) is 10.5 Å². The molecule has 0 bridgehead atoms. The summed E-state index contributed by atoms with van der Waals surface area (Å²) in [6, 6.07) is 17.4. The van der Waals surface area contributed by atoms with Crippen molar-refractivity contribution in [3.8, 4) is 0 Å². The molecule has 1 aromatic heterocycles. The summed E-state index contributed by atoms with van der Waals surface area (Å²) >= 11 is 1.43. The number of carbonyl (C=O) groups excluding carboxylic acids is 1. The quantitative estimate of drug-likeness (QED) is 0.506. The van der Waals surface area contributed by atoms with Crippen LogP contribution in [0.25, 0.3) is 0 Å². The largest absolute Gasteiger partial charge is 0.350 e. The summed E-state index contributed by atoms with van der Waals surface area (Å²) in [6.45, 7) is 5.88. The molecule has 0 radical (unpaired) electrons. The molecule has 0 spiro atoms. The number of rotatable bonds is 8. The van der Waals surface area contributed by atoms with Crippen LogP contribution in [0.5, 0.6) is 0 Å². The van der Waals surface area contributed by atoms with E-state index in [0.29, 0.717) is 11.3 Å². The number of benzene rings is 2. The third-order valence-electron chi connectivity index (χ3n) is 4.65. The fourth-order valence-electron chi connectivity index (χ4n) is 2.63. The van der Waals surface area contributed by atoms with Crippen molar-refractivity contribution in [3.05, 3.63) is 78.0 Å². The summed E-state index contributed by atoms with van der Waals surface area (Å²) in [5.74, 6) is -0.136. The number of hydrogen-bond acceptors (Lipinski definition) is 5. The van der Waals surface area contributed by atoms with E-state index in [1.54, 1.807) is 54.7 Å². The van der Waals surface area contributed by atoms with Gasteiger partial charge in [-0.05, 0) is 68.8 Å². The van der Waals surface area contributed by atoms with E-state index in [4.69, 9.17) is 0 Å². The van der Waals surface area contributed by atoms with Gasteiger partial charge in [0.15, 0.2) is 0 Å². The summed E-state index contributed by atoms with van der Waals surface area (Å²) in [4.78, 5) is 17.6. The molecule has 8 heteroatoms. The molecule has 3 rings (SSSR count). The van der Waals surface area contributed by atoms with E-state index in [1.807, 2.05) is 32.9 Å². The molecule has 0 saturated heterocycles. The van der Waals surface area contributed by atoms with Crippen LogP contribution in [0.1, 0.15) is 36.2 Å². The molecule has 1 atom stereocenters. The van der Waals surface area contributed by atoms with Crippen LogP contribution in [0.15, 0.2) is 81.7 Å². The topological polar surface area (TPSA) is 88.2 Å². The summed E-state index contributed by atoms with van der Waals surface area (Å²) in [6.07, 6.45) is 2.42. The van der Waals surface area contributed by atoms with Crippen molar-refractivity contribution in [2.75, 3.05) is 4.72 Å². The van der Waals surface area contributed by atoms with E-state index in [2.05, 4.69) is 15.0 Å². The first-order valence-corrected chi connectivity index (χ1v) is 12.2. The molecule has 0 aliphatic heterocycles. The highest BCUT2D eigenvalue weighted by atomic mass is 32.2. The van der Waals surface area contributed by atoms with Crippen LogP contribution in [-0.2, 0) is 10.0 Å². The standard InChI is InChI=1S/C23H25N3O3S2/c1-4-17(3)25-23(27)18-7-14-22(24-15-18)30-20-10-8-19(9-11-20)26-31(28,29)21-12-5-16(2)6-13-21/h5-15,17,26H,4H2,1-3H3,(H,25,27). The Labute approximate surface area is 187 Å². The number of aryl methyl sites for hydroxylation is 1. The highest BCUT2D eigenvalue weighted by molar-refractivity contribution is 7.99. The number of pyridine rings is 1. The SMILES string of the molecule is CCC(C)NC(=O)c1ccc(Sc2ccc(NS(=O)(=O)c3ccc(C)cc3)cc2)nc1. The Bertz CT molecular complexity index is 1130. The fraction of sp³-hybridized carbons (Fsp3) is 0.217. The maximum Gasteiger partial charge on any atom is 0.261 e. The zero-order valence-electron chi connectivity index (χ0n) is 17.6. The number of hydrogen-bond donors (Lipinski definition) is 2. The molecule has 0 aliphatic carbocycles. The van der Waals surface area contributed by atoms with Gasteiger partial charge >= 0.3 is 0 Å². The van der Waals surface area contributed by atoms with Crippen molar-refractivity contribution in [1.82, 2.24) is 10.3 Å². The van der Waals surface area contributed by atoms with Crippen molar-refractivity contribution in [2.24, 2.45) is 0 Å². The van der Waals surface area contributed by atoms with Gasteiger partial charge in [-0.1, -0.05) is 36.4 Å². The van der Waals surface area contributed by atoms with Gasteiger partial charge in [0.1, 0.15) is 5.03 Å². The smallest absolute Gasteiger partial charge is 0.261 e. The van der Waals surface area contributed by atoms with Crippen molar-refractivity contribution in [3.63, 3.8) is 0 Å². The molecule has 2 N–H and O–H groups in total. The number of aromatic nitrogens is 1. The van der Waals surface area contributed by atoms with Crippen molar-refractivity contribution in [1.29, 1.82) is 0 Å². The molecule has 6 nitrogen and oxygen atoms in total. The fourth-order valence-corrected chi connectivity index (χ4v) is 4.44. The lowest BCUT2D eigenvalue weighted by molar-refractivity contribution is 0.0939. The molecule has 3 aromatic rings. The van der Waals surface area contributed by atoms with Crippen molar-refractivity contribution < 1.29 is 13.2 Å². The van der Waals surface area contributed by atoms with E-state index in [0.717, 1.165) is 21.9 Å². The maximum absolute atomic E-state index is 12.5. The Balaban J connectivity index is 1.63. The predicted molar refractivity (Wildman–Crippen MR) is 124 cm³/mol. The van der Waals surface area contributed by atoms with Crippen LogP contribution >= 0.6 is 11.8 Å². The van der Waals surface area contributed by atoms with Crippen molar-refractivity contribution >= 4 is 33.4 Å². The number of nitrogens with one attached hydrogen (secondary N) is 2. The number of sulfonamides is 1. The first kappa shape index (κ1) is 22.8. The van der Waals surface area contributed by atoms with Crippen LogP contribution in [0.2, 0.25) is 0 Å². The summed E-state index contributed by atoms with van der Waals surface area (Å²) < 4.78 is 27.6. The summed E-state index contributed by atoms with van der Waals surface area (Å²) in [5.41, 5.74) is 2.00. The van der Waals surface area contributed by atoms with E-state index in [1.165, 1.54) is 11.8 Å². The lowest BCUT2D eigenvalue weighted by Crippen LogP contribution is -2.31. The van der Waals surface area contributed by atoms with Gasteiger partial charge in [0, 0.05) is 22.8 Å². The molecule has 2 aromatic carbocycles. The Hall–Kier alpha value is -2.84. The second kappa shape index (κ2) is 9.98. The molecule has 31 heavy (non-hydrogen) atoms. The van der Waals surface area contributed by atoms with Crippen LogP contribution in [0.3, 0.4) is 0 Å². The highest BCUT2D eigenvalue weighted by Crippen LogP contribution is 2.27. The van der Waals surface area contributed by atoms with Crippen molar-refractivity contribution in [2.45, 2.75) is 48.1 Å². The zero-order chi connectivity index (χ0) is 22.4. The van der Waals surface area contributed by atoms with Gasteiger partial charge in [0.2, 0.25) is 0 Å². The molecule has 1 heterocycles. The lowest BCUT2D eigenvalue weighted by atomic mass is 10.2. The predicted octanol–water partition coefficient (Wildman–Crippen LogP) is 4.87. The number of amides is 1. The maximum atomic E-state index is 12.5. The second-order valence-corrected chi connectivity index (χ2v) is 9.99. The first-order chi connectivity index (χ1) is 14.8. The van der Waals surface area contributed by atoms with E-state index in [-0.39, 0.29) is 16.8 Å². The molecule has 0 saturated carbocycles. The van der Waals surface area contributed by atoms with Gasteiger partial charge < -0.3 is 5.32 Å². The molecular formula is C23H25N3O3S2. The van der Waals surface area contributed by atoms with E-state index >= 15 is 0 Å². The van der Waals surface area contributed by atoms with Gasteiger partial charge in [-0.3, -0.25) is 9.52 Å². The average Bonchev–Trinajstić information content (AvgIpc) is 2.75. The van der Waals surface area contributed by atoms with Crippen LogP contribution in [-0.4, -0.2) is 25.4 Å². The van der Waals surface area contributed by atoms with Gasteiger partial charge in [-0.25, -0.2) is 13.4 Å². The molecule has 1 unspecified atom stereocenters. The number of anilines is 1. The van der Waals surface area contributed by atoms with Gasteiger partial charge in [-0.15, -0.1) is 0 Å².